The van der Waals surface area contributed by atoms with Crippen LogP contribution in [0.4, 0.5) is 0 Å². The van der Waals surface area contributed by atoms with E-state index >= 15 is 0 Å². The molecule has 0 saturated heterocycles. The Kier molecular flexibility index (Phi) is 6.20. The van der Waals surface area contributed by atoms with Crippen LogP contribution >= 0.6 is 0 Å². The number of methoxy groups -OCH3 is 1. The third-order valence-corrected chi connectivity index (χ3v) is 4.19. The Bertz CT molecular complexity index is 888. The molecule has 6 nitrogen and oxygen atoms in total. The first-order valence-corrected chi connectivity index (χ1v) is 8.93. The second-order valence-corrected chi connectivity index (χ2v) is 6.32. The Morgan fingerprint density at radius 1 is 1.11 bits per heavy atom. The van der Waals surface area contributed by atoms with E-state index in [1.54, 1.807) is 7.11 Å². The average Bonchev–Trinajstić information content (AvgIpc) is 3.16. The number of aryl methyl sites for hydroxylation is 2. The van der Waals surface area contributed by atoms with Crippen LogP contribution < -0.4 is 10.1 Å². The van der Waals surface area contributed by atoms with Gasteiger partial charge < -0.3 is 14.5 Å². The molecule has 0 saturated carbocycles. The van der Waals surface area contributed by atoms with Gasteiger partial charge in [-0.3, -0.25) is 4.79 Å². The Morgan fingerprint density at radius 2 is 1.93 bits per heavy atom. The van der Waals surface area contributed by atoms with E-state index in [-0.39, 0.29) is 5.91 Å². The number of ether oxygens (including phenoxy) is 1. The van der Waals surface area contributed by atoms with Crippen LogP contribution in [0.5, 0.6) is 5.75 Å². The van der Waals surface area contributed by atoms with E-state index in [2.05, 4.69) is 15.5 Å². The molecule has 27 heavy (non-hydrogen) atoms. The van der Waals surface area contributed by atoms with E-state index in [1.165, 1.54) is 0 Å². The van der Waals surface area contributed by atoms with Crippen LogP contribution in [-0.4, -0.2) is 29.8 Å². The average molecular weight is 365 g/mol. The minimum atomic E-state index is 0.00393. The summed E-state index contributed by atoms with van der Waals surface area (Å²) in [4.78, 5) is 12.0. The molecule has 1 heterocycles. The predicted molar refractivity (Wildman–Crippen MR) is 102 cm³/mol. The summed E-state index contributed by atoms with van der Waals surface area (Å²) in [6, 6.07) is 15.6. The Hall–Kier alpha value is -3.15. The van der Waals surface area contributed by atoms with Crippen LogP contribution in [0.3, 0.4) is 0 Å². The number of hydrogen-bond acceptors (Lipinski definition) is 5. The van der Waals surface area contributed by atoms with Gasteiger partial charge in [0.2, 0.25) is 17.7 Å². The number of hydrogen-bond donors (Lipinski definition) is 1. The fourth-order valence-electron chi connectivity index (χ4n) is 2.70. The van der Waals surface area contributed by atoms with E-state index in [1.807, 2.05) is 55.5 Å². The molecule has 1 aromatic heterocycles. The van der Waals surface area contributed by atoms with E-state index in [0.717, 1.165) is 22.4 Å². The van der Waals surface area contributed by atoms with Gasteiger partial charge in [0.25, 0.3) is 0 Å². The Morgan fingerprint density at radius 3 is 2.67 bits per heavy atom. The smallest absolute Gasteiger partial charge is 0.247 e. The van der Waals surface area contributed by atoms with E-state index in [0.29, 0.717) is 37.6 Å². The number of nitrogens with one attached hydrogen (secondary N) is 1. The summed E-state index contributed by atoms with van der Waals surface area (Å²) < 4.78 is 10.8. The maximum atomic E-state index is 12.0. The quantitative estimate of drug-likeness (QED) is 0.662. The first-order chi connectivity index (χ1) is 13.1. The molecule has 2 aromatic carbocycles. The van der Waals surface area contributed by atoms with Crippen molar-refractivity contribution in [3.8, 4) is 17.2 Å². The highest BCUT2D eigenvalue weighted by molar-refractivity contribution is 5.76. The molecule has 1 amide bonds. The summed E-state index contributed by atoms with van der Waals surface area (Å²) in [5.41, 5.74) is 3.14. The number of nitrogens with zero attached hydrogens (tertiary/aromatic N) is 2. The van der Waals surface area contributed by atoms with Crippen LogP contribution in [0, 0.1) is 6.92 Å². The maximum absolute atomic E-state index is 12.0. The van der Waals surface area contributed by atoms with Gasteiger partial charge in [0.05, 0.1) is 7.11 Å². The molecule has 140 valence electrons. The van der Waals surface area contributed by atoms with Gasteiger partial charge in [-0.25, -0.2) is 0 Å². The van der Waals surface area contributed by atoms with Gasteiger partial charge >= 0.3 is 0 Å². The SMILES string of the molecule is COc1ccc(CCC(=O)NCCc2nnc(-c3cccc(C)c3)o2)cc1. The van der Waals surface area contributed by atoms with Crippen LogP contribution in [0.15, 0.2) is 52.9 Å². The highest BCUT2D eigenvalue weighted by Crippen LogP contribution is 2.18. The predicted octanol–water partition coefficient (Wildman–Crippen LogP) is 3.35. The number of benzene rings is 2. The molecule has 0 unspecified atom stereocenters. The highest BCUT2D eigenvalue weighted by Gasteiger charge is 2.09. The zero-order valence-electron chi connectivity index (χ0n) is 15.6. The summed E-state index contributed by atoms with van der Waals surface area (Å²) in [6.07, 6.45) is 1.63. The summed E-state index contributed by atoms with van der Waals surface area (Å²) in [6.45, 7) is 2.49. The van der Waals surface area contributed by atoms with Crippen molar-refractivity contribution < 1.29 is 13.9 Å². The summed E-state index contributed by atoms with van der Waals surface area (Å²) >= 11 is 0. The van der Waals surface area contributed by atoms with Crippen molar-refractivity contribution in [1.29, 1.82) is 0 Å². The van der Waals surface area contributed by atoms with Crippen molar-refractivity contribution in [2.45, 2.75) is 26.2 Å². The van der Waals surface area contributed by atoms with Gasteiger partial charge in [-0.1, -0.05) is 29.8 Å². The number of rotatable bonds is 8. The lowest BCUT2D eigenvalue weighted by molar-refractivity contribution is -0.121. The highest BCUT2D eigenvalue weighted by atomic mass is 16.5. The van der Waals surface area contributed by atoms with Gasteiger partial charge in [0, 0.05) is 24.9 Å². The van der Waals surface area contributed by atoms with Gasteiger partial charge in [-0.2, -0.15) is 0 Å². The number of amides is 1. The van der Waals surface area contributed by atoms with Crippen molar-refractivity contribution in [3.05, 3.63) is 65.5 Å². The molecule has 0 aliphatic rings. The fourth-order valence-corrected chi connectivity index (χ4v) is 2.70. The molecule has 0 bridgehead atoms. The summed E-state index contributed by atoms with van der Waals surface area (Å²) in [7, 11) is 1.63. The lowest BCUT2D eigenvalue weighted by atomic mass is 10.1. The Balaban J connectivity index is 1.42. The molecule has 0 spiro atoms. The van der Waals surface area contributed by atoms with E-state index < -0.39 is 0 Å². The van der Waals surface area contributed by atoms with Crippen LogP contribution in [0.2, 0.25) is 0 Å². The number of carbonyl (C=O) groups is 1. The Labute approximate surface area is 158 Å². The lowest BCUT2D eigenvalue weighted by Crippen LogP contribution is -2.25. The summed E-state index contributed by atoms with van der Waals surface area (Å²) in [5.74, 6) is 1.83. The van der Waals surface area contributed by atoms with E-state index in [4.69, 9.17) is 9.15 Å². The third-order valence-electron chi connectivity index (χ3n) is 4.19. The molecule has 3 rings (SSSR count). The second-order valence-electron chi connectivity index (χ2n) is 6.32. The number of aromatic nitrogens is 2. The van der Waals surface area contributed by atoms with Crippen LogP contribution in [0.25, 0.3) is 11.5 Å². The molecule has 1 N–H and O–H groups in total. The maximum Gasteiger partial charge on any atom is 0.247 e. The van der Waals surface area contributed by atoms with Crippen molar-refractivity contribution in [3.63, 3.8) is 0 Å². The first kappa shape index (κ1) is 18.6. The topological polar surface area (TPSA) is 77.2 Å². The third kappa shape index (κ3) is 5.41. The van der Waals surface area contributed by atoms with E-state index in [9.17, 15) is 4.79 Å². The minimum absolute atomic E-state index is 0.00393. The van der Waals surface area contributed by atoms with Crippen molar-refractivity contribution in [2.24, 2.45) is 0 Å². The van der Waals surface area contributed by atoms with Gasteiger partial charge in [-0.15, -0.1) is 10.2 Å². The molecule has 6 heteroatoms. The largest absolute Gasteiger partial charge is 0.497 e. The molecule has 3 aromatic rings. The lowest BCUT2D eigenvalue weighted by Gasteiger charge is -2.05. The molecule has 0 fully saturated rings. The zero-order chi connectivity index (χ0) is 19.1. The van der Waals surface area contributed by atoms with Crippen molar-refractivity contribution in [1.82, 2.24) is 15.5 Å². The van der Waals surface area contributed by atoms with Gasteiger partial charge in [-0.05, 0) is 43.2 Å². The number of carbonyl (C=O) groups excluding carboxylic acids is 1. The second kappa shape index (κ2) is 8.98. The van der Waals surface area contributed by atoms with Crippen LogP contribution in [-0.2, 0) is 17.6 Å². The molecule has 0 radical (unpaired) electrons. The summed E-state index contributed by atoms with van der Waals surface area (Å²) in [5, 5.41) is 11.0. The van der Waals surface area contributed by atoms with Crippen molar-refractivity contribution >= 4 is 5.91 Å². The monoisotopic (exact) mass is 365 g/mol. The molecular weight excluding hydrogens is 342 g/mol. The van der Waals surface area contributed by atoms with Crippen LogP contribution in [0.1, 0.15) is 23.4 Å². The molecule has 0 atom stereocenters. The van der Waals surface area contributed by atoms with Crippen molar-refractivity contribution in [2.75, 3.05) is 13.7 Å². The normalized spacial score (nSPS) is 10.6. The standard InChI is InChI=1S/C21H23N3O3/c1-15-4-3-5-17(14-15)21-24-23-20(27-21)12-13-22-19(25)11-8-16-6-9-18(26-2)10-7-16/h3-7,9-10,14H,8,11-13H2,1-2H3,(H,22,25). The van der Waals surface area contributed by atoms with Gasteiger partial charge in [0.15, 0.2) is 0 Å². The fraction of sp³-hybridized carbons (Fsp3) is 0.286. The zero-order valence-corrected chi connectivity index (χ0v) is 15.6. The first-order valence-electron chi connectivity index (χ1n) is 8.93. The molecular formula is C21H23N3O3. The minimum Gasteiger partial charge on any atom is -0.497 e. The molecule has 0 aliphatic heterocycles. The molecule has 0 aliphatic carbocycles. The van der Waals surface area contributed by atoms with Gasteiger partial charge in [0.1, 0.15) is 5.75 Å².